The first kappa shape index (κ1) is 16.5. The van der Waals surface area contributed by atoms with E-state index in [4.69, 9.17) is 15.7 Å². The number of hydrogen-bond donors (Lipinski definition) is 2. The monoisotopic (exact) mass is 325 g/mol. The summed E-state index contributed by atoms with van der Waals surface area (Å²) in [6.07, 6.45) is 0.0336. The van der Waals surface area contributed by atoms with Gasteiger partial charge in [0.1, 0.15) is 0 Å². The highest BCUT2D eigenvalue weighted by atomic mass is 16.5. The van der Waals surface area contributed by atoms with Crippen molar-refractivity contribution >= 4 is 5.84 Å². The summed E-state index contributed by atoms with van der Waals surface area (Å²) in [6, 6.07) is 18.6. The molecule has 0 aliphatic carbocycles. The number of nitrogens with zero attached hydrogens (tertiary/aromatic N) is 2. The number of rotatable bonds is 4. The highest BCUT2D eigenvalue weighted by molar-refractivity contribution is 5.96. The molecule has 1 aliphatic rings. The van der Waals surface area contributed by atoms with Crippen molar-refractivity contribution in [3.05, 3.63) is 71.3 Å². The van der Waals surface area contributed by atoms with Crippen LogP contribution in [0.2, 0.25) is 0 Å². The van der Waals surface area contributed by atoms with Gasteiger partial charge in [-0.2, -0.15) is 0 Å². The summed E-state index contributed by atoms with van der Waals surface area (Å²) < 4.78 is 5.95. The van der Waals surface area contributed by atoms with Crippen LogP contribution >= 0.6 is 0 Å². The summed E-state index contributed by atoms with van der Waals surface area (Å²) in [5.41, 5.74) is 8.74. The maximum absolute atomic E-state index is 8.74. The van der Waals surface area contributed by atoms with Crippen LogP contribution in [0.5, 0.6) is 0 Å². The van der Waals surface area contributed by atoms with Crippen LogP contribution in [0, 0.1) is 0 Å². The van der Waals surface area contributed by atoms with E-state index in [2.05, 4.69) is 41.2 Å². The second-order valence-corrected chi connectivity index (χ2v) is 6.05. The second kappa shape index (κ2) is 7.47. The van der Waals surface area contributed by atoms with Gasteiger partial charge in [0.25, 0.3) is 0 Å². The van der Waals surface area contributed by atoms with Crippen molar-refractivity contribution in [1.29, 1.82) is 0 Å². The van der Waals surface area contributed by atoms with E-state index in [1.165, 1.54) is 5.56 Å². The second-order valence-electron chi connectivity index (χ2n) is 6.05. The number of hydrogen-bond acceptors (Lipinski definition) is 4. The normalized spacial score (nSPS) is 20.7. The molecule has 1 heterocycles. The number of oxime groups is 1. The molecule has 0 unspecified atom stereocenters. The van der Waals surface area contributed by atoms with Crippen LogP contribution in [-0.2, 0) is 4.74 Å². The summed E-state index contributed by atoms with van der Waals surface area (Å²) in [4.78, 5) is 2.45. The Balaban J connectivity index is 1.71. The minimum absolute atomic E-state index is 0.0336. The minimum Gasteiger partial charge on any atom is -0.409 e. The lowest BCUT2D eigenvalue weighted by Crippen LogP contribution is -2.39. The Hall–Kier alpha value is -2.37. The first-order valence-corrected chi connectivity index (χ1v) is 8.17. The third-order valence-corrected chi connectivity index (χ3v) is 4.61. The molecule has 24 heavy (non-hydrogen) atoms. The van der Waals surface area contributed by atoms with Gasteiger partial charge < -0.3 is 15.7 Å². The van der Waals surface area contributed by atoms with E-state index >= 15 is 0 Å². The quantitative estimate of drug-likeness (QED) is 0.392. The molecule has 2 aromatic rings. The van der Waals surface area contributed by atoms with Gasteiger partial charge in [-0.3, -0.25) is 4.90 Å². The summed E-state index contributed by atoms with van der Waals surface area (Å²) >= 11 is 0. The molecule has 1 fully saturated rings. The van der Waals surface area contributed by atoms with E-state index in [1.807, 2.05) is 30.3 Å². The number of amidine groups is 1. The van der Waals surface area contributed by atoms with Crippen molar-refractivity contribution in [3.63, 3.8) is 0 Å². The summed E-state index contributed by atoms with van der Waals surface area (Å²) in [5.74, 6) is 0.116. The zero-order chi connectivity index (χ0) is 16.9. The molecule has 126 valence electrons. The Morgan fingerprint density at radius 3 is 2.58 bits per heavy atom. The molecule has 2 atom stereocenters. The lowest BCUT2D eigenvalue weighted by atomic mass is 10.0. The van der Waals surface area contributed by atoms with E-state index in [0.29, 0.717) is 18.2 Å². The molecule has 0 spiro atoms. The van der Waals surface area contributed by atoms with Crippen LogP contribution < -0.4 is 5.73 Å². The molecule has 3 rings (SSSR count). The van der Waals surface area contributed by atoms with Gasteiger partial charge in [-0.05, 0) is 18.1 Å². The predicted octanol–water partition coefficient (Wildman–Crippen LogP) is 2.92. The molecule has 1 saturated heterocycles. The number of benzene rings is 2. The van der Waals surface area contributed by atoms with Crippen molar-refractivity contribution in [3.8, 4) is 0 Å². The van der Waals surface area contributed by atoms with Crippen molar-refractivity contribution in [1.82, 2.24) is 4.90 Å². The van der Waals surface area contributed by atoms with Gasteiger partial charge in [-0.25, -0.2) is 0 Å². The molecular weight excluding hydrogens is 302 g/mol. The van der Waals surface area contributed by atoms with Crippen molar-refractivity contribution in [2.75, 3.05) is 19.7 Å². The fourth-order valence-corrected chi connectivity index (χ4v) is 3.09. The van der Waals surface area contributed by atoms with Crippen LogP contribution in [0.3, 0.4) is 0 Å². The zero-order valence-electron chi connectivity index (χ0n) is 13.8. The topological polar surface area (TPSA) is 71.1 Å². The predicted molar refractivity (Wildman–Crippen MR) is 94.1 cm³/mol. The van der Waals surface area contributed by atoms with E-state index in [-0.39, 0.29) is 11.9 Å². The molecule has 5 nitrogen and oxygen atoms in total. The van der Waals surface area contributed by atoms with Crippen LogP contribution in [0.15, 0.2) is 59.8 Å². The Morgan fingerprint density at radius 2 is 1.92 bits per heavy atom. The van der Waals surface area contributed by atoms with Gasteiger partial charge >= 0.3 is 0 Å². The molecule has 0 radical (unpaired) electrons. The zero-order valence-corrected chi connectivity index (χ0v) is 13.8. The van der Waals surface area contributed by atoms with Gasteiger partial charge in [0, 0.05) is 24.7 Å². The van der Waals surface area contributed by atoms with E-state index in [0.717, 1.165) is 18.7 Å². The summed E-state index contributed by atoms with van der Waals surface area (Å²) in [7, 11) is 0. The molecule has 1 aliphatic heterocycles. The third-order valence-electron chi connectivity index (χ3n) is 4.61. The smallest absolute Gasteiger partial charge is 0.170 e. The third kappa shape index (κ3) is 3.58. The summed E-state index contributed by atoms with van der Waals surface area (Å²) in [5, 5.41) is 11.8. The first-order valence-electron chi connectivity index (χ1n) is 8.17. The Labute approximate surface area is 142 Å². The SMILES string of the molecule is C[C@H](c1ccccc1)N1CCO[C@@H](c2ccc(C(N)=NO)cc2)C1. The average molecular weight is 325 g/mol. The molecule has 0 aromatic heterocycles. The van der Waals surface area contributed by atoms with E-state index in [9.17, 15) is 0 Å². The molecule has 5 heteroatoms. The van der Waals surface area contributed by atoms with Gasteiger partial charge in [-0.1, -0.05) is 59.8 Å². The standard InChI is InChI=1S/C19H23N3O2/c1-14(15-5-3-2-4-6-15)22-11-12-24-18(13-22)16-7-9-17(10-8-16)19(20)21-23/h2-10,14,18,23H,11-13H2,1H3,(H2,20,21)/t14-,18-/m1/s1. The van der Waals surface area contributed by atoms with Crippen LogP contribution in [-0.4, -0.2) is 35.6 Å². The average Bonchev–Trinajstić information content (AvgIpc) is 2.67. The number of morpholine rings is 1. The fraction of sp³-hybridized carbons (Fsp3) is 0.316. The maximum atomic E-state index is 8.74. The van der Waals surface area contributed by atoms with Gasteiger partial charge in [-0.15, -0.1) is 0 Å². The lowest BCUT2D eigenvalue weighted by molar-refractivity contribution is -0.0431. The van der Waals surface area contributed by atoms with E-state index in [1.54, 1.807) is 0 Å². The Morgan fingerprint density at radius 1 is 1.21 bits per heavy atom. The molecular formula is C19H23N3O2. The first-order chi connectivity index (χ1) is 11.7. The molecule has 2 aromatic carbocycles. The van der Waals surface area contributed by atoms with Gasteiger partial charge in [0.05, 0.1) is 12.7 Å². The summed E-state index contributed by atoms with van der Waals surface area (Å²) in [6.45, 7) is 4.72. The van der Waals surface area contributed by atoms with Crippen LogP contribution in [0.25, 0.3) is 0 Å². The minimum atomic E-state index is 0.0336. The molecule has 0 bridgehead atoms. The Kier molecular flexibility index (Phi) is 5.13. The maximum Gasteiger partial charge on any atom is 0.170 e. The van der Waals surface area contributed by atoms with Gasteiger partial charge in [0.2, 0.25) is 0 Å². The largest absolute Gasteiger partial charge is 0.409 e. The van der Waals surface area contributed by atoms with E-state index < -0.39 is 0 Å². The highest BCUT2D eigenvalue weighted by Crippen LogP contribution is 2.28. The Bertz CT molecular complexity index is 686. The lowest BCUT2D eigenvalue weighted by Gasteiger charge is -2.37. The highest BCUT2D eigenvalue weighted by Gasteiger charge is 2.25. The molecule has 0 saturated carbocycles. The van der Waals surface area contributed by atoms with Crippen molar-refractivity contribution in [2.24, 2.45) is 10.9 Å². The molecule has 3 N–H and O–H groups in total. The van der Waals surface area contributed by atoms with Crippen molar-refractivity contribution < 1.29 is 9.94 Å². The van der Waals surface area contributed by atoms with Crippen molar-refractivity contribution in [2.45, 2.75) is 19.1 Å². The van der Waals surface area contributed by atoms with Crippen LogP contribution in [0.4, 0.5) is 0 Å². The molecule has 0 amide bonds. The number of ether oxygens (including phenoxy) is 1. The number of nitrogens with two attached hydrogens (primary N) is 1. The van der Waals surface area contributed by atoms with Crippen LogP contribution in [0.1, 0.15) is 35.8 Å². The van der Waals surface area contributed by atoms with Gasteiger partial charge in [0.15, 0.2) is 5.84 Å². The fourth-order valence-electron chi connectivity index (χ4n) is 3.09.